The van der Waals surface area contributed by atoms with Gasteiger partial charge < -0.3 is 11.1 Å². The lowest BCUT2D eigenvalue weighted by atomic mass is 9.83. The Balaban J connectivity index is 1.69. The van der Waals surface area contributed by atoms with Gasteiger partial charge in [0.2, 0.25) is 11.8 Å². The second kappa shape index (κ2) is 6.31. The molecular formula is C16H25N5O2. The van der Waals surface area contributed by atoms with Gasteiger partial charge in [-0.2, -0.15) is 5.10 Å². The summed E-state index contributed by atoms with van der Waals surface area (Å²) < 4.78 is 1.74. The molecule has 0 bridgehead atoms. The third-order valence-corrected chi connectivity index (χ3v) is 5.01. The number of anilines is 1. The van der Waals surface area contributed by atoms with E-state index in [0.29, 0.717) is 6.54 Å². The molecule has 7 heteroatoms. The van der Waals surface area contributed by atoms with Gasteiger partial charge in [0.25, 0.3) is 0 Å². The highest BCUT2D eigenvalue weighted by Gasteiger charge is 2.38. The minimum Gasteiger partial charge on any atom is -0.369 e. The van der Waals surface area contributed by atoms with E-state index in [1.165, 1.54) is 0 Å². The number of nitrogens with two attached hydrogens (primary N) is 1. The molecule has 0 radical (unpaired) electrons. The van der Waals surface area contributed by atoms with E-state index in [-0.39, 0.29) is 29.8 Å². The molecule has 3 rings (SSSR count). The standard InChI is InChI=1S/C16H25N5O2/c1-10-9-14(20(2)19-10)21-8-7-13(16(21)23)18-12-6-4-3-5-11(12)15(17)22/h9,11-13,18H,3-8H2,1-2H3,(H2,17,22)/t11-,12+,13-/m0/s1. The van der Waals surface area contributed by atoms with Crippen LogP contribution in [0.3, 0.4) is 0 Å². The molecule has 0 unspecified atom stereocenters. The Morgan fingerprint density at radius 2 is 2.09 bits per heavy atom. The van der Waals surface area contributed by atoms with E-state index in [0.717, 1.165) is 43.6 Å². The minimum absolute atomic E-state index is 0.0171. The zero-order valence-electron chi connectivity index (χ0n) is 13.8. The lowest BCUT2D eigenvalue weighted by Crippen LogP contribution is -2.51. The molecule has 3 atom stereocenters. The van der Waals surface area contributed by atoms with Crippen LogP contribution >= 0.6 is 0 Å². The van der Waals surface area contributed by atoms with Crippen molar-refractivity contribution in [2.75, 3.05) is 11.4 Å². The lowest BCUT2D eigenvalue weighted by molar-refractivity contribution is -0.125. The summed E-state index contributed by atoms with van der Waals surface area (Å²) >= 11 is 0. The summed E-state index contributed by atoms with van der Waals surface area (Å²) in [7, 11) is 1.85. The number of carbonyl (C=O) groups excluding carboxylic acids is 2. The molecule has 7 nitrogen and oxygen atoms in total. The number of aryl methyl sites for hydroxylation is 2. The molecule has 1 aliphatic heterocycles. The molecule has 3 N–H and O–H groups in total. The fourth-order valence-electron chi connectivity index (χ4n) is 3.84. The Bertz CT molecular complexity index is 612. The van der Waals surface area contributed by atoms with Crippen LogP contribution in [0.15, 0.2) is 6.07 Å². The van der Waals surface area contributed by atoms with Gasteiger partial charge in [-0.3, -0.25) is 19.2 Å². The van der Waals surface area contributed by atoms with Crippen molar-refractivity contribution in [2.24, 2.45) is 18.7 Å². The third kappa shape index (κ3) is 3.10. The molecule has 2 heterocycles. The zero-order valence-corrected chi connectivity index (χ0v) is 13.8. The van der Waals surface area contributed by atoms with Crippen molar-refractivity contribution < 1.29 is 9.59 Å². The molecule has 1 saturated heterocycles. The molecule has 0 aromatic carbocycles. The number of hydrogen-bond acceptors (Lipinski definition) is 4. The minimum atomic E-state index is -0.258. The van der Waals surface area contributed by atoms with Crippen molar-refractivity contribution in [1.29, 1.82) is 0 Å². The van der Waals surface area contributed by atoms with Crippen LogP contribution in [0.2, 0.25) is 0 Å². The van der Waals surface area contributed by atoms with Gasteiger partial charge in [0.1, 0.15) is 5.82 Å². The first kappa shape index (κ1) is 16.0. The number of aromatic nitrogens is 2. The number of primary amides is 1. The Morgan fingerprint density at radius 3 is 2.74 bits per heavy atom. The maximum absolute atomic E-state index is 12.7. The number of nitrogens with zero attached hydrogens (tertiary/aromatic N) is 3. The monoisotopic (exact) mass is 319 g/mol. The van der Waals surface area contributed by atoms with Gasteiger partial charge in [-0.15, -0.1) is 0 Å². The smallest absolute Gasteiger partial charge is 0.245 e. The lowest BCUT2D eigenvalue weighted by Gasteiger charge is -2.32. The molecule has 2 amide bonds. The fraction of sp³-hybridized carbons (Fsp3) is 0.688. The molecule has 1 aromatic heterocycles. The number of nitrogens with one attached hydrogen (secondary N) is 1. The van der Waals surface area contributed by atoms with Gasteiger partial charge in [-0.25, -0.2) is 0 Å². The highest BCUT2D eigenvalue weighted by molar-refractivity contribution is 5.98. The highest BCUT2D eigenvalue weighted by Crippen LogP contribution is 2.27. The quantitative estimate of drug-likeness (QED) is 0.843. The number of carbonyl (C=O) groups is 2. The van der Waals surface area contributed by atoms with Gasteiger partial charge in [0.05, 0.1) is 17.7 Å². The molecule has 1 saturated carbocycles. The van der Waals surface area contributed by atoms with Crippen molar-refractivity contribution in [3.63, 3.8) is 0 Å². The third-order valence-electron chi connectivity index (χ3n) is 5.01. The molecule has 126 valence electrons. The summed E-state index contributed by atoms with van der Waals surface area (Å²) in [5.74, 6) is 0.463. The van der Waals surface area contributed by atoms with Gasteiger partial charge in [-0.05, 0) is 26.2 Å². The summed E-state index contributed by atoms with van der Waals surface area (Å²) in [4.78, 5) is 26.1. The van der Waals surface area contributed by atoms with Crippen molar-refractivity contribution in [2.45, 2.75) is 51.1 Å². The van der Waals surface area contributed by atoms with E-state index in [1.54, 1.807) is 9.58 Å². The SMILES string of the molecule is Cc1cc(N2CC[C@H](N[C@@H]3CCCC[C@@H]3C(N)=O)C2=O)n(C)n1. The summed E-state index contributed by atoms with van der Waals surface area (Å²) in [5, 5.41) is 7.71. The molecule has 1 aliphatic carbocycles. The first-order chi connectivity index (χ1) is 11.0. The van der Waals surface area contributed by atoms with E-state index in [4.69, 9.17) is 5.73 Å². The average Bonchev–Trinajstić information content (AvgIpc) is 3.02. The van der Waals surface area contributed by atoms with E-state index < -0.39 is 0 Å². The van der Waals surface area contributed by atoms with Gasteiger partial charge in [0.15, 0.2) is 0 Å². The molecule has 23 heavy (non-hydrogen) atoms. The Morgan fingerprint density at radius 1 is 1.35 bits per heavy atom. The van der Waals surface area contributed by atoms with E-state index in [9.17, 15) is 9.59 Å². The van der Waals surface area contributed by atoms with E-state index in [2.05, 4.69) is 10.4 Å². The van der Waals surface area contributed by atoms with Gasteiger partial charge >= 0.3 is 0 Å². The van der Waals surface area contributed by atoms with Gasteiger partial charge in [-0.1, -0.05) is 12.8 Å². The molecule has 2 fully saturated rings. The molecule has 0 spiro atoms. The van der Waals surface area contributed by atoms with Crippen LogP contribution in [0.1, 0.15) is 37.8 Å². The van der Waals surface area contributed by atoms with Crippen molar-refractivity contribution in [1.82, 2.24) is 15.1 Å². The van der Waals surface area contributed by atoms with Crippen LogP contribution in [0.25, 0.3) is 0 Å². The first-order valence-electron chi connectivity index (χ1n) is 8.34. The van der Waals surface area contributed by atoms with E-state index in [1.807, 2.05) is 20.0 Å². The molecule has 1 aromatic rings. The number of amides is 2. The van der Waals surface area contributed by atoms with Crippen molar-refractivity contribution >= 4 is 17.6 Å². The average molecular weight is 319 g/mol. The Kier molecular flexibility index (Phi) is 4.39. The summed E-state index contributed by atoms with van der Waals surface area (Å²) in [5.41, 5.74) is 6.42. The van der Waals surface area contributed by atoms with Crippen LogP contribution in [0, 0.1) is 12.8 Å². The normalized spacial score (nSPS) is 28.3. The summed E-state index contributed by atoms with van der Waals surface area (Å²) in [6, 6.07) is 1.70. The second-order valence-electron chi connectivity index (χ2n) is 6.67. The Labute approximate surface area is 136 Å². The second-order valence-corrected chi connectivity index (χ2v) is 6.67. The Hall–Kier alpha value is -1.89. The topological polar surface area (TPSA) is 93.3 Å². The van der Waals surface area contributed by atoms with Crippen LogP contribution < -0.4 is 16.0 Å². The number of hydrogen-bond donors (Lipinski definition) is 2. The van der Waals surface area contributed by atoms with Crippen LogP contribution in [-0.4, -0.2) is 40.2 Å². The first-order valence-corrected chi connectivity index (χ1v) is 8.34. The summed E-state index contributed by atoms with van der Waals surface area (Å²) in [6.45, 7) is 2.59. The predicted molar refractivity (Wildman–Crippen MR) is 86.8 cm³/mol. The largest absolute Gasteiger partial charge is 0.369 e. The summed E-state index contributed by atoms with van der Waals surface area (Å²) in [6.07, 6.45) is 4.57. The van der Waals surface area contributed by atoms with Crippen molar-refractivity contribution in [3.05, 3.63) is 11.8 Å². The number of rotatable bonds is 4. The van der Waals surface area contributed by atoms with Crippen LogP contribution in [-0.2, 0) is 16.6 Å². The van der Waals surface area contributed by atoms with Crippen LogP contribution in [0.4, 0.5) is 5.82 Å². The predicted octanol–water partition coefficient (Wildman–Crippen LogP) is 0.468. The van der Waals surface area contributed by atoms with Crippen LogP contribution in [0.5, 0.6) is 0 Å². The molecule has 2 aliphatic rings. The van der Waals surface area contributed by atoms with E-state index >= 15 is 0 Å². The highest BCUT2D eigenvalue weighted by atomic mass is 16.2. The van der Waals surface area contributed by atoms with Gasteiger partial charge in [0, 0.05) is 25.7 Å². The molecular weight excluding hydrogens is 294 g/mol. The maximum atomic E-state index is 12.7. The fourth-order valence-corrected chi connectivity index (χ4v) is 3.84. The zero-order chi connectivity index (χ0) is 16.6. The van der Waals surface area contributed by atoms with Crippen molar-refractivity contribution in [3.8, 4) is 0 Å². The maximum Gasteiger partial charge on any atom is 0.245 e.